The van der Waals surface area contributed by atoms with E-state index in [1.807, 2.05) is 0 Å². The Morgan fingerprint density at radius 2 is 1.93 bits per heavy atom. The number of benzene rings is 2. The number of esters is 1. The van der Waals surface area contributed by atoms with Gasteiger partial charge in [-0.1, -0.05) is 24.3 Å². The van der Waals surface area contributed by atoms with Gasteiger partial charge in [-0.2, -0.15) is 0 Å². The lowest BCUT2D eigenvalue weighted by Gasteiger charge is -2.33. The Labute approximate surface area is 173 Å². The zero-order chi connectivity index (χ0) is 21.8. The third-order valence-corrected chi connectivity index (χ3v) is 4.85. The first-order valence-electron chi connectivity index (χ1n) is 9.41. The second kappa shape index (κ2) is 8.77. The molecule has 0 saturated heterocycles. The Kier molecular flexibility index (Phi) is 6.15. The first kappa shape index (κ1) is 21.0. The number of nitrogens with zero attached hydrogens (tertiary/aromatic N) is 1. The molecule has 0 unspecified atom stereocenters. The molecule has 2 N–H and O–H groups in total. The fourth-order valence-electron chi connectivity index (χ4n) is 3.20. The van der Waals surface area contributed by atoms with E-state index < -0.39 is 23.7 Å². The van der Waals surface area contributed by atoms with Crippen LogP contribution in [-0.2, 0) is 9.53 Å². The quantitative estimate of drug-likeness (QED) is 0.736. The largest absolute Gasteiger partial charge is 0.463 e. The molecule has 156 valence electrons. The molecule has 3 amide bonds. The summed E-state index contributed by atoms with van der Waals surface area (Å²) < 4.78 is 19.0. The second-order valence-corrected chi connectivity index (χ2v) is 6.72. The predicted molar refractivity (Wildman–Crippen MR) is 109 cm³/mol. The SMILES string of the molecule is CCOC(=O)C1=C(C)N(C)C(=O)N[C@@H]1c1cccc(NC(=O)c2ccccc2F)c1. The fraction of sp³-hybridized carbons (Fsp3) is 0.227. The van der Waals surface area contributed by atoms with Crippen molar-refractivity contribution in [3.8, 4) is 0 Å². The van der Waals surface area contributed by atoms with Crippen molar-refractivity contribution in [3.63, 3.8) is 0 Å². The summed E-state index contributed by atoms with van der Waals surface area (Å²) in [5.41, 5.74) is 1.66. The fourth-order valence-corrected chi connectivity index (χ4v) is 3.20. The van der Waals surface area contributed by atoms with Crippen molar-refractivity contribution in [2.45, 2.75) is 19.9 Å². The maximum Gasteiger partial charge on any atom is 0.338 e. The first-order valence-corrected chi connectivity index (χ1v) is 9.41. The zero-order valence-corrected chi connectivity index (χ0v) is 16.9. The van der Waals surface area contributed by atoms with Crippen LogP contribution < -0.4 is 10.6 Å². The Bertz CT molecular complexity index is 1030. The van der Waals surface area contributed by atoms with Gasteiger partial charge in [0.05, 0.1) is 23.8 Å². The van der Waals surface area contributed by atoms with Crippen LogP contribution in [0.25, 0.3) is 0 Å². The van der Waals surface area contributed by atoms with Crippen molar-refractivity contribution in [2.24, 2.45) is 0 Å². The zero-order valence-electron chi connectivity index (χ0n) is 16.9. The van der Waals surface area contributed by atoms with Gasteiger partial charge in [-0.15, -0.1) is 0 Å². The van der Waals surface area contributed by atoms with E-state index in [0.29, 0.717) is 22.5 Å². The van der Waals surface area contributed by atoms with E-state index in [2.05, 4.69) is 10.6 Å². The van der Waals surface area contributed by atoms with Gasteiger partial charge < -0.3 is 20.3 Å². The third-order valence-electron chi connectivity index (χ3n) is 4.85. The summed E-state index contributed by atoms with van der Waals surface area (Å²) in [7, 11) is 1.56. The van der Waals surface area contributed by atoms with E-state index in [1.165, 1.54) is 23.1 Å². The van der Waals surface area contributed by atoms with Gasteiger partial charge in [0.15, 0.2) is 0 Å². The molecule has 2 aromatic carbocycles. The highest BCUT2D eigenvalue weighted by molar-refractivity contribution is 6.04. The number of hydrogen-bond donors (Lipinski definition) is 2. The highest BCUT2D eigenvalue weighted by Gasteiger charge is 2.35. The molecule has 7 nitrogen and oxygen atoms in total. The van der Waals surface area contributed by atoms with Crippen molar-refractivity contribution < 1.29 is 23.5 Å². The van der Waals surface area contributed by atoms with Crippen molar-refractivity contribution >= 4 is 23.6 Å². The van der Waals surface area contributed by atoms with Crippen LogP contribution in [0.15, 0.2) is 59.8 Å². The summed E-state index contributed by atoms with van der Waals surface area (Å²) in [6, 6.07) is 11.2. The average Bonchev–Trinajstić information content (AvgIpc) is 2.72. The lowest BCUT2D eigenvalue weighted by Crippen LogP contribution is -2.46. The van der Waals surface area contributed by atoms with Crippen LogP contribution in [0.3, 0.4) is 0 Å². The van der Waals surface area contributed by atoms with Crippen molar-refractivity contribution in [1.29, 1.82) is 0 Å². The van der Waals surface area contributed by atoms with Crippen LogP contribution >= 0.6 is 0 Å². The Balaban J connectivity index is 1.93. The molecule has 0 aliphatic carbocycles. The molecular formula is C22H22FN3O4. The number of hydrogen-bond acceptors (Lipinski definition) is 4. The van der Waals surface area contributed by atoms with E-state index in [0.717, 1.165) is 0 Å². The summed E-state index contributed by atoms with van der Waals surface area (Å²) in [4.78, 5) is 38.6. The minimum absolute atomic E-state index is 0.0848. The van der Waals surface area contributed by atoms with Gasteiger partial charge in [-0.05, 0) is 43.7 Å². The second-order valence-electron chi connectivity index (χ2n) is 6.72. The van der Waals surface area contributed by atoms with E-state index >= 15 is 0 Å². The molecule has 0 bridgehead atoms. The number of rotatable bonds is 5. The highest BCUT2D eigenvalue weighted by atomic mass is 19.1. The first-order chi connectivity index (χ1) is 14.3. The Morgan fingerprint density at radius 3 is 2.63 bits per heavy atom. The van der Waals surface area contributed by atoms with Crippen LogP contribution in [0.2, 0.25) is 0 Å². The highest BCUT2D eigenvalue weighted by Crippen LogP contribution is 2.31. The number of nitrogens with one attached hydrogen (secondary N) is 2. The summed E-state index contributed by atoms with van der Waals surface area (Å²) in [5, 5.41) is 5.42. The molecule has 1 aliphatic heterocycles. The summed E-state index contributed by atoms with van der Waals surface area (Å²) in [5.74, 6) is -1.76. The standard InChI is InChI=1S/C22H22FN3O4/c1-4-30-21(28)18-13(2)26(3)22(29)25-19(18)14-8-7-9-15(12-14)24-20(27)16-10-5-6-11-17(16)23/h5-12,19H,4H2,1-3H3,(H,24,27)(H,25,29)/t19-/m1/s1. The molecule has 1 heterocycles. The number of ether oxygens (including phenoxy) is 1. The summed E-state index contributed by atoms with van der Waals surface area (Å²) >= 11 is 0. The minimum atomic E-state index is -0.752. The topological polar surface area (TPSA) is 87.7 Å². The monoisotopic (exact) mass is 411 g/mol. The van der Waals surface area contributed by atoms with Gasteiger partial charge in [0.1, 0.15) is 5.82 Å². The average molecular weight is 411 g/mol. The van der Waals surface area contributed by atoms with Crippen molar-refractivity contribution in [1.82, 2.24) is 10.2 Å². The molecule has 0 saturated carbocycles. The van der Waals surface area contributed by atoms with Gasteiger partial charge in [0.25, 0.3) is 5.91 Å². The molecule has 3 rings (SSSR count). The lowest BCUT2D eigenvalue weighted by molar-refractivity contribution is -0.139. The lowest BCUT2D eigenvalue weighted by atomic mass is 9.94. The minimum Gasteiger partial charge on any atom is -0.463 e. The van der Waals surface area contributed by atoms with E-state index in [1.54, 1.807) is 51.2 Å². The summed E-state index contributed by atoms with van der Waals surface area (Å²) in [6.45, 7) is 3.56. The molecule has 30 heavy (non-hydrogen) atoms. The number of anilines is 1. The third kappa shape index (κ3) is 4.17. The molecular weight excluding hydrogens is 389 g/mol. The normalized spacial score (nSPS) is 16.2. The van der Waals surface area contributed by atoms with E-state index in [-0.39, 0.29) is 18.2 Å². The van der Waals surface area contributed by atoms with Crippen molar-refractivity contribution in [2.75, 3.05) is 19.0 Å². The Morgan fingerprint density at radius 1 is 1.20 bits per heavy atom. The molecule has 8 heteroatoms. The van der Waals surface area contributed by atoms with E-state index in [4.69, 9.17) is 4.74 Å². The smallest absolute Gasteiger partial charge is 0.338 e. The van der Waals surface area contributed by atoms with Crippen LogP contribution in [0.5, 0.6) is 0 Å². The predicted octanol–water partition coefficient (Wildman–Crippen LogP) is 3.61. The van der Waals surface area contributed by atoms with Crippen LogP contribution in [0.1, 0.15) is 35.8 Å². The molecule has 1 aliphatic rings. The van der Waals surface area contributed by atoms with Gasteiger partial charge in [-0.3, -0.25) is 4.79 Å². The molecule has 1 atom stereocenters. The summed E-state index contributed by atoms with van der Waals surface area (Å²) in [6.07, 6.45) is 0. The molecule has 0 fully saturated rings. The molecule has 2 aromatic rings. The van der Waals surface area contributed by atoms with Crippen molar-refractivity contribution in [3.05, 3.63) is 76.7 Å². The maximum atomic E-state index is 13.9. The van der Waals surface area contributed by atoms with Gasteiger partial charge in [0.2, 0.25) is 0 Å². The number of carbonyl (C=O) groups is 3. The van der Waals surface area contributed by atoms with Crippen LogP contribution in [-0.4, -0.2) is 36.5 Å². The molecule has 0 aromatic heterocycles. The van der Waals surface area contributed by atoms with Crippen LogP contribution in [0.4, 0.5) is 14.9 Å². The molecule has 0 radical (unpaired) electrons. The Hall–Kier alpha value is -3.68. The number of allylic oxidation sites excluding steroid dienone is 1. The number of amides is 3. The number of carbonyl (C=O) groups excluding carboxylic acids is 3. The number of urea groups is 1. The van der Waals surface area contributed by atoms with Gasteiger partial charge >= 0.3 is 12.0 Å². The van der Waals surface area contributed by atoms with Crippen LogP contribution in [0, 0.1) is 5.82 Å². The molecule has 0 spiro atoms. The van der Waals surface area contributed by atoms with Gasteiger partial charge in [0, 0.05) is 18.4 Å². The van der Waals surface area contributed by atoms with Gasteiger partial charge in [-0.25, -0.2) is 14.0 Å². The number of halogens is 1. The van der Waals surface area contributed by atoms with E-state index in [9.17, 15) is 18.8 Å². The maximum absolute atomic E-state index is 13.9.